The maximum atomic E-state index is 11.9. The molecule has 1 aromatic heterocycles. The van der Waals surface area contributed by atoms with Gasteiger partial charge in [0.1, 0.15) is 5.75 Å². The number of rotatable bonds is 5. The second-order valence-electron chi connectivity index (χ2n) is 3.98. The van der Waals surface area contributed by atoms with Crippen molar-refractivity contribution in [3.8, 4) is 5.75 Å². The fraction of sp³-hybridized carbons (Fsp3) is 0.231. The lowest BCUT2D eigenvalue weighted by molar-refractivity contribution is -0.115. The van der Waals surface area contributed by atoms with Gasteiger partial charge in [0.25, 0.3) is 0 Å². The maximum absolute atomic E-state index is 11.9. The lowest BCUT2D eigenvalue weighted by Crippen LogP contribution is -2.14. The summed E-state index contributed by atoms with van der Waals surface area (Å²) in [7, 11) is 0. The number of amides is 1. The van der Waals surface area contributed by atoms with Crippen molar-refractivity contribution >= 4 is 39.7 Å². The maximum Gasteiger partial charge on any atom is 0.230 e. The Morgan fingerprint density at radius 3 is 2.95 bits per heavy atom. The molecule has 0 radical (unpaired) electrons. The summed E-state index contributed by atoms with van der Waals surface area (Å²) in [5.74, 6) is 0.426. The molecule has 0 aliphatic carbocycles. The van der Waals surface area contributed by atoms with Gasteiger partial charge in [0.05, 0.1) is 23.7 Å². The highest BCUT2D eigenvalue weighted by molar-refractivity contribution is 7.13. The van der Waals surface area contributed by atoms with Crippen molar-refractivity contribution in [1.29, 1.82) is 0 Å². The Kier molecular flexibility index (Phi) is 4.81. The molecular weight excluding hydrogens is 298 g/mol. The van der Waals surface area contributed by atoms with Gasteiger partial charge in [-0.15, -0.1) is 11.3 Å². The van der Waals surface area contributed by atoms with Crippen LogP contribution in [0.1, 0.15) is 12.6 Å². The van der Waals surface area contributed by atoms with E-state index in [4.69, 9.17) is 22.1 Å². The number of hydrogen-bond acceptors (Lipinski definition) is 5. The van der Waals surface area contributed by atoms with Crippen LogP contribution in [-0.2, 0) is 11.2 Å². The van der Waals surface area contributed by atoms with Crippen molar-refractivity contribution in [2.75, 3.05) is 17.7 Å². The van der Waals surface area contributed by atoms with E-state index in [0.717, 1.165) is 0 Å². The number of carbonyl (C=O) groups is 1. The molecule has 0 atom stereocenters. The second-order valence-corrected chi connectivity index (χ2v) is 5.28. The van der Waals surface area contributed by atoms with Crippen molar-refractivity contribution < 1.29 is 9.53 Å². The number of halogens is 1. The molecule has 7 heteroatoms. The molecule has 0 spiro atoms. The first-order valence-corrected chi connectivity index (χ1v) is 7.26. The van der Waals surface area contributed by atoms with Gasteiger partial charge in [-0.05, 0) is 25.1 Å². The van der Waals surface area contributed by atoms with E-state index in [2.05, 4.69) is 10.3 Å². The Morgan fingerprint density at radius 2 is 2.35 bits per heavy atom. The van der Waals surface area contributed by atoms with Gasteiger partial charge in [0.2, 0.25) is 5.91 Å². The highest BCUT2D eigenvalue weighted by Gasteiger charge is 2.09. The first-order valence-electron chi connectivity index (χ1n) is 6.00. The molecule has 0 saturated heterocycles. The van der Waals surface area contributed by atoms with Crippen LogP contribution in [0.2, 0.25) is 5.02 Å². The number of nitrogens with two attached hydrogens (primary N) is 1. The molecule has 5 nitrogen and oxygen atoms in total. The van der Waals surface area contributed by atoms with Gasteiger partial charge in [-0.2, -0.15) is 0 Å². The van der Waals surface area contributed by atoms with E-state index in [-0.39, 0.29) is 12.3 Å². The lowest BCUT2D eigenvalue weighted by Gasteiger charge is -2.08. The molecule has 106 valence electrons. The molecule has 20 heavy (non-hydrogen) atoms. The summed E-state index contributed by atoms with van der Waals surface area (Å²) in [5.41, 5.74) is 6.79. The molecule has 0 saturated carbocycles. The van der Waals surface area contributed by atoms with Crippen molar-refractivity contribution in [2.24, 2.45) is 0 Å². The van der Waals surface area contributed by atoms with E-state index in [0.29, 0.717) is 33.9 Å². The number of nitrogens with one attached hydrogen (secondary N) is 1. The highest BCUT2D eigenvalue weighted by atomic mass is 35.5. The lowest BCUT2D eigenvalue weighted by atomic mass is 10.2. The smallest absolute Gasteiger partial charge is 0.230 e. The number of ether oxygens (including phenoxy) is 1. The third-order valence-electron chi connectivity index (χ3n) is 2.43. The number of nitrogens with zero attached hydrogens (tertiary/aromatic N) is 1. The van der Waals surface area contributed by atoms with E-state index in [1.165, 1.54) is 11.3 Å². The predicted octanol–water partition coefficient (Wildman–Crippen LogP) is 2.96. The minimum atomic E-state index is -0.171. The van der Waals surface area contributed by atoms with Gasteiger partial charge >= 0.3 is 0 Å². The van der Waals surface area contributed by atoms with Gasteiger partial charge < -0.3 is 15.8 Å². The quantitative estimate of drug-likeness (QED) is 0.890. The average Bonchev–Trinajstić information content (AvgIpc) is 2.78. The summed E-state index contributed by atoms with van der Waals surface area (Å²) in [5, 5.41) is 5.43. The van der Waals surface area contributed by atoms with Crippen molar-refractivity contribution in [2.45, 2.75) is 13.3 Å². The summed E-state index contributed by atoms with van der Waals surface area (Å²) in [6.45, 7) is 2.42. The molecule has 0 unspecified atom stereocenters. The van der Waals surface area contributed by atoms with E-state index >= 15 is 0 Å². The minimum Gasteiger partial charge on any atom is -0.492 e. The first-order chi connectivity index (χ1) is 9.58. The number of anilines is 2. The van der Waals surface area contributed by atoms with Crippen LogP contribution in [0.5, 0.6) is 5.75 Å². The van der Waals surface area contributed by atoms with E-state index in [9.17, 15) is 4.79 Å². The second kappa shape index (κ2) is 6.58. The van der Waals surface area contributed by atoms with Crippen molar-refractivity contribution in [1.82, 2.24) is 4.98 Å². The molecular formula is C13H14ClN3O2S. The number of thiazole rings is 1. The zero-order valence-electron chi connectivity index (χ0n) is 10.9. The van der Waals surface area contributed by atoms with Gasteiger partial charge in [-0.25, -0.2) is 4.98 Å². The summed E-state index contributed by atoms with van der Waals surface area (Å²) in [6, 6.07) is 5.12. The van der Waals surface area contributed by atoms with Crippen LogP contribution >= 0.6 is 22.9 Å². The van der Waals surface area contributed by atoms with E-state index in [1.54, 1.807) is 23.6 Å². The zero-order valence-corrected chi connectivity index (χ0v) is 12.4. The number of carbonyl (C=O) groups excluding carboxylic acids is 1. The number of hydrogen-bond donors (Lipinski definition) is 2. The Balaban J connectivity index is 1.99. The Morgan fingerprint density at radius 1 is 1.55 bits per heavy atom. The van der Waals surface area contributed by atoms with Gasteiger partial charge in [0.15, 0.2) is 5.13 Å². The average molecular weight is 312 g/mol. The number of aromatic nitrogens is 1. The van der Waals surface area contributed by atoms with Crippen LogP contribution in [0.15, 0.2) is 23.6 Å². The van der Waals surface area contributed by atoms with Crippen LogP contribution in [0.25, 0.3) is 0 Å². The fourth-order valence-electron chi connectivity index (χ4n) is 1.62. The predicted molar refractivity (Wildman–Crippen MR) is 81.5 cm³/mol. The molecule has 1 amide bonds. The normalized spacial score (nSPS) is 10.3. The largest absolute Gasteiger partial charge is 0.492 e. The molecule has 0 bridgehead atoms. The number of benzene rings is 1. The Bertz CT molecular complexity index is 615. The number of nitrogen functional groups attached to an aromatic ring is 1. The molecule has 3 N–H and O–H groups in total. The summed E-state index contributed by atoms with van der Waals surface area (Å²) < 4.78 is 5.33. The van der Waals surface area contributed by atoms with Gasteiger partial charge in [-0.3, -0.25) is 4.79 Å². The fourth-order valence-corrected chi connectivity index (χ4v) is 2.42. The molecule has 0 aliphatic heterocycles. The van der Waals surface area contributed by atoms with Crippen LogP contribution in [0.3, 0.4) is 0 Å². The Labute approximate surface area is 125 Å². The SMILES string of the molecule is CCOc1ccc(NC(=O)Cc2csc(N)n2)cc1Cl. The summed E-state index contributed by atoms with van der Waals surface area (Å²) in [4.78, 5) is 15.9. The third-order valence-corrected chi connectivity index (χ3v) is 3.44. The summed E-state index contributed by atoms with van der Waals surface area (Å²) >= 11 is 7.36. The van der Waals surface area contributed by atoms with Crippen LogP contribution in [-0.4, -0.2) is 17.5 Å². The first kappa shape index (κ1) is 14.6. The van der Waals surface area contributed by atoms with Gasteiger partial charge in [0, 0.05) is 11.1 Å². The van der Waals surface area contributed by atoms with Crippen LogP contribution in [0, 0.1) is 0 Å². The minimum absolute atomic E-state index is 0.171. The molecule has 2 aromatic rings. The van der Waals surface area contributed by atoms with E-state index in [1.807, 2.05) is 6.92 Å². The highest BCUT2D eigenvalue weighted by Crippen LogP contribution is 2.27. The molecule has 0 fully saturated rings. The molecule has 2 rings (SSSR count). The van der Waals surface area contributed by atoms with Crippen LogP contribution in [0.4, 0.5) is 10.8 Å². The third kappa shape index (κ3) is 3.85. The molecule has 0 aliphatic rings. The Hall–Kier alpha value is -1.79. The van der Waals surface area contributed by atoms with Crippen molar-refractivity contribution in [3.05, 3.63) is 34.3 Å². The van der Waals surface area contributed by atoms with Crippen molar-refractivity contribution in [3.63, 3.8) is 0 Å². The molecule has 1 heterocycles. The topological polar surface area (TPSA) is 77.2 Å². The monoisotopic (exact) mass is 311 g/mol. The molecule has 1 aromatic carbocycles. The van der Waals surface area contributed by atoms with Crippen LogP contribution < -0.4 is 15.8 Å². The van der Waals surface area contributed by atoms with Gasteiger partial charge in [-0.1, -0.05) is 11.6 Å². The van der Waals surface area contributed by atoms with E-state index < -0.39 is 0 Å². The zero-order chi connectivity index (χ0) is 14.5. The summed E-state index contributed by atoms with van der Waals surface area (Å²) in [6.07, 6.45) is 0.179. The standard InChI is InChI=1S/C13H14ClN3O2S/c1-2-19-11-4-3-8(5-10(11)14)16-12(18)6-9-7-20-13(15)17-9/h3-5,7H,2,6H2,1H3,(H2,15,17)(H,16,18).